The van der Waals surface area contributed by atoms with Gasteiger partial charge in [0, 0.05) is 6.54 Å². The number of carbonyl (C=O) groups is 1. The Labute approximate surface area is 113 Å². The van der Waals surface area contributed by atoms with Crippen LogP contribution in [0.4, 0.5) is 0 Å². The molecule has 2 rings (SSSR count). The van der Waals surface area contributed by atoms with E-state index in [2.05, 4.69) is 17.1 Å². The summed E-state index contributed by atoms with van der Waals surface area (Å²) in [6.45, 7) is 5.65. The van der Waals surface area contributed by atoms with Crippen molar-refractivity contribution in [1.29, 1.82) is 0 Å². The number of thioether (sulfide) groups is 1. The molecule has 0 saturated carbocycles. The SMILES string of the molecule is CCCN1CCCC2(CC1)NC(C(=O)O)CCS2. The molecule has 2 aliphatic rings. The van der Waals surface area contributed by atoms with Crippen molar-refractivity contribution >= 4 is 17.7 Å². The number of hydrogen-bond acceptors (Lipinski definition) is 4. The van der Waals surface area contributed by atoms with Crippen LogP contribution in [0.5, 0.6) is 0 Å². The zero-order chi connectivity index (χ0) is 13.0. The van der Waals surface area contributed by atoms with Crippen LogP contribution in [0.15, 0.2) is 0 Å². The number of aliphatic carboxylic acids is 1. The van der Waals surface area contributed by atoms with Gasteiger partial charge in [-0.2, -0.15) is 0 Å². The van der Waals surface area contributed by atoms with E-state index in [4.69, 9.17) is 0 Å². The zero-order valence-corrected chi connectivity index (χ0v) is 12.0. The van der Waals surface area contributed by atoms with Gasteiger partial charge < -0.3 is 10.0 Å². The number of carboxylic acid groups (broad SMARTS) is 1. The minimum absolute atomic E-state index is 0.0177. The average Bonchev–Trinajstić information content (AvgIpc) is 2.54. The highest BCUT2D eigenvalue weighted by Crippen LogP contribution is 2.38. The zero-order valence-electron chi connectivity index (χ0n) is 11.2. The molecule has 4 nitrogen and oxygen atoms in total. The minimum Gasteiger partial charge on any atom is -0.480 e. The normalized spacial score (nSPS) is 34.4. The third kappa shape index (κ3) is 3.39. The predicted octanol–water partition coefficient (Wildman–Crippen LogP) is 1.76. The van der Waals surface area contributed by atoms with E-state index < -0.39 is 5.97 Å². The summed E-state index contributed by atoms with van der Waals surface area (Å²) in [6, 6.07) is -0.344. The number of likely N-dealkylation sites (tertiary alicyclic amines) is 1. The van der Waals surface area contributed by atoms with Gasteiger partial charge in [0.1, 0.15) is 6.04 Å². The van der Waals surface area contributed by atoms with Gasteiger partial charge in [0.2, 0.25) is 0 Å². The van der Waals surface area contributed by atoms with Gasteiger partial charge in [-0.25, -0.2) is 0 Å². The van der Waals surface area contributed by atoms with Gasteiger partial charge >= 0.3 is 5.97 Å². The Morgan fingerprint density at radius 2 is 2.33 bits per heavy atom. The van der Waals surface area contributed by atoms with Gasteiger partial charge in [-0.1, -0.05) is 6.92 Å². The first kappa shape index (κ1) is 14.2. The standard InChI is InChI=1S/C13H24N2O2S/c1-2-7-15-8-3-5-13(6-9-15)14-11(12(16)17)4-10-18-13/h11,14H,2-10H2,1H3,(H,16,17). The molecule has 2 heterocycles. The number of nitrogens with one attached hydrogen (secondary N) is 1. The van der Waals surface area contributed by atoms with E-state index >= 15 is 0 Å². The Morgan fingerprint density at radius 1 is 1.50 bits per heavy atom. The molecule has 0 aromatic rings. The third-order valence-electron chi connectivity index (χ3n) is 3.95. The van der Waals surface area contributed by atoms with Gasteiger partial charge in [-0.15, -0.1) is 11.8 Å². The highest BCUT2D eigenvalue weighted by molar-refractivity contribution is 8.00. The molecule has 0 bridgehead atoms. The van der Waals surface area contributed by atoms with Gasteiger partial charge in [0.25, 0.3) is 0 Å². The van der Waals surface area contributed by atoms with E-state index in [1.54, 1.807) is 0 Å². The molecule has 0 aromatic heterocycles. The first-order chi connectivity index (χ1) is 8.65. The summed E-state index contributed by atoms with van der Waals surface area (Å²) in [7, 11) is 0. The lowest BCUT2D eigenvalue weighted by Crippen LogP contribution is -2.55. The molecule has 0 amide bonds. The van der Waals surface area contributed by atoms with Crippen LogP contribution in [0.3, 0.4) is 0 Å². The van der Waals surface area contributed by atoms with Crippen molar-refractivity contribution in [1.82, 2.24) is 10.2 Å². The van der Waals surface area contributed by atoms with Crippen LogP contribution in [0.25, 0.3) is 0 Å². The second kappa shape index (κ2) is 6.26. The molecule has 104 valence electrons. The summed E-state index contributed by atoms with van der Waals surface area (Å²) >= 11 is 1.94. The van der Waals surface area contributed by atoms with Crippen molar-refractivity contribution < 1.29 is 9.90 Å². The lowest BCUT2D eigenvalue weighted by molar-refractivity contribution is -0.140. The molecule has 2 atom stereocenters. The van der Waals surface area contributed by atoms with Crippen LogP contribution in [-0.4, -0.2) is 52.3 Å². The van der Waals surface area contributed by atoms with Crippen molar-refractivity contribution in [3.8, 4) is 0 Å². The quantitative estimate of drug-likeness (QED) is 0.820. The first-order valence-electron chi connectivity index (χ1n) is 7.02. The van der Waals surface area contributed by atoms with Gasteiger partial charge in [0.15, 0.2) is 0 Å². The molecule has 2 aliphatic heterocycles. The van der Waals surface area contributed by atoms with Crippen LogP contribution in [-0.2, 0) is 4.79 Å². The maximum absolute atomic E-state index is 11.2. The molecular weight excluding hydrogens is 248 g/mol. The van der Waals surface area contributed by atoms with Crippen LogP contribution in [0.2, 0.25) is 0 Å². The van der Waals surface area contributed by atoms with Gasteiger partial charge in [0.05, 0.1) is 4.87 Å². The monoisotopic (exact) mass is 272 g/mol. The first-order valence-corrected chi connectivity index (χ1v) is 8.00. The van der Waals surface area contributed by atoms with Crippen molar-refractivity contribution in [2.75, 3.05) is 25.4 Å². The molecule has 2 fully saturated rings. The van der Waals surface area contributed by atoms with Crippen LogP contribution in [0, 0.1) is 0 Å². The molecule has 1 spiro atoms. The molecule has 2 unspecified atom stereocenters. The Morgan fingerprint density at radius 3 is 3.06 bits per heavy atom. The molecule has 2 N–H and O–H groups in total. The maximum Gasteiger partial charge on any atom is 0.320 e. The molecule has 5 heteroatoms. The summed E-state index contributed by atoms with van der Waals surface area (Å²) in [5.41, 5.74) is 0. The Hall–Kier alpha value is -0.260. The molecule has 2 saturated heterocycles. The lowest BCUT2D eigenvalue weighted by atomic mass is 10.1. The molecule has 0 aromatic carbocycles. The third-order valence-corrected chi connectivity index (χ3v) is 5.47. The van der Waals surface area contributed by atoms with E-state index in [0.29, 0.717) is 0 Å². The smallest absolute Gasteiger partial charge is 0.320 e. The Bertz CT molecular complexity index is 301. The Balaban J connectivity index is 1.96. The molecule has 0 aliphatic carbocycles. The average molecular weight is 272 g/mol. The fourth-order valence-electron chi connectivity index (χ4n) is 2.98. The number of carboxylic acids is 1. The summed E-state index contributed by atoms with van der Waals surface area (Å²) in [5.74, 6) is 0.280. The highest BCUT2D eigenvalue weighted by Gasteiger charge is 2.39. The summed E-state index contributed by atoms with van der Waals surface area (Å²) < 4.78 is 0. The van der Waals surface area contributed by atoms with Crippen molar-refractivity contribution in [3.63, 3.8) is 0 Å². The largest absolute Gasteiger partial charge is 0.480 e. The van der Waals surface area contributed by atoms with Crippen LogP contribution >= 0.6 is 11.8 Å². The van der Waals surface area contributed by atoms with Crippen LogP contribution in [0.1, 0.15) is 39.0 Å². The molecular formula is C13H24N2O2S. The number of nitrogens with zero attached hydrogens (tertiary/aromatic N) is 1. The van der Waals surface area contributed by atoms with E-state index in [-0.39, 0.29) is 10.9 Å². The molecule has 18 heavy (non-hydrogen) atoms. The lowest BCUT2D eigenvalue weighted by Gasteiger charge is -2.40. The summed E-state index contributed by atoms with van der Waals surface area (Å²) in [5, 5.41) is 12.6. The second-order valence-corrected chi connectivity index (χ2v) is 6.84. The predicted molar refractivity (Wildman–Crippen MR) is 74.9 cm³/mol. The fourth-order valence-corrected chi connectivity index (χ4v) is 4.48. The minimum atomic E-state index is -0.690. The number of rotatable bonds is 3. The fraction of sp³-hybridized carbons (Fsp3) is 0.923. The summed E-state index contributed by atoms with van der Waals surface area (Å²) in [4.78, 5) is 13.7. The van der Waals surface area contributed by atoms with E-state index in [0.717, 1.165) is 38.1 Å². The maximum atomic E-state index is 11.2. The highest BCUT2D eigenvalue weighted by atomic mass is 32.2. The van der Waals surface area contributed by atoms with E-state index in [9.17, 15) is 9.90 Å². The second-order valence-electron chi connectivity index (χ2n) is 5.36. The van der Waals surface area contributed by atoms with E-state index in [1.165, 1.54) is 19.4 Å². The molecule has 0 radical (unpaired) electrons. The van der Waals surface area contributed by atoms with Crippen molar-refractivity contribution in [2.45, 2.75) is 49.9 Å². The topological polar surface area (TPSA) is 52.6 Å². The summed E-state index contributed by atoms with van der Waals surface area (Å²) in [6.07, 6.45) is 5.29. The van der Waals surface area contributed by atoms with Gasteiger partial charge in [-0.3, -0.25) is 10.1 Å². The number of hydrogen-bond donors (Lipinski definition) is 2. The van der Waals surface area contributed by atoms with Gasteiger partial charge in [-0.05, 0) is 50.9 Å². The van der Waals surface area contributed by atoms with Crippen molar-refractivity contribution in [3.05, 3.63) is 0 Å². The van der Waals surface area contributed by atoms with Crippen molar-refractivity contribution in [2.24, 2.45) is 0 Å². The Kier molecular flexibility index (Phi) is 4.92. The van der Waals surface area contributed by atoms with Crippen LogP contribution < -0.4 is 5.32 Å². The van der Waals surface area contributed by atoms with E-state index in [1.807, 2.05) is 11.8 Å².